The third-order valence-corrected chi connectivity index (χ3v) is 11.1. The van der Waals surface area contributed by atoms with E-state index in [9.17, 15) is 19.8 Å². The number of aliphatic hydroxyl groups is 2. The minimum absolute atomic E-state index is 0.0591. The first-order chi connectivity index (χ1) is 31.5. The Balaban J connectivity index is 4.78. The van der Waals surface area contributed by atoms with E-state index in [1.165, 1.54) is 77.0 Å². The average molecular weight is 888 g/mol. The number of rotatable bonds is 45. The third kappa shape index (κ3) is 45.1. The quantitative estimate of drug-likeness (QED) is 0.0322. The molecular formula is C58H97NO5. The summed E-state index contributed by atoms with van der Waals surface area (Å²) in [7, 11) is 0. The number of carbonyl (C=O) groups excluding carboxylic acids is 2. The van der Waals surface area contributed by atoms with Gasteiger partial charge in [-0.05, 0) is 96.0 Å². The van der Waals surface area contributed by atoms with Gasteiger partial charge in [0.15, 0.2) is 0 Å². The zero-order valence-electron chi connectivity index (χ0n) is 41.4. The van der Waals surface area contributed by atoms with E-state index >= 15 is 0 Å². The number of hydrogen-bond donors (Lipinski definition) is 3. The number of allylic oxidation sites excluding steroid dienone is 17. The molecule has 0 bridgehead atoms. The number of aliphatic hydroxyl groups excluding tert-OH is 2. The van der Waals surface area contributed by atoms with E-state index in [-0.39, 0.29) is 24.9 Å². The molecule has 0 heterocycles. The molecule has 3 atom stereocenters. The zero-order valence-corrected chi connectivity index (χ0v) is 41.4. The topological polar surface area (TPSA) is 95.9 Å². The second-order valence-corrected chi connectivity index (χ2v) is 17.2. The zero-order chi connectivity index (χ0) is 46.7. The van der Waals surface area contributed by atoms with Crippen LogP contribution in [0, 0.1) is 0 Å². The fourth-order valence-corrected chi connectivity index (χ4v) is 7.14. The molecule has 0 aliphatic rings. The van der Waals surface area contributed by atoms with E-state index < -0.39 is 18.2 Å². The van der Waals surface area contributed by atoms with E-state index in [1.807, 2.05) is 6.08 Å². The van der Waals surface area contributed by atoms with Gasteiger partial charge in [0.2, 0.25) is 5.91 Å². The van der Waals surface area contributed by atoms with Crippen LogP contribution in [-0.4, -0.2) is 46.9 Å². The molecule has 6 nitrogen and oxygen atoms in total. The molecule has 0 aliphatic heterocycles. The Hall–Kier alpha value is -3.48. The molecule has 0 fully saturated rings. The number of esters is 1. The van der Waals surface area contributed by atoms with Crippen molar-refractivity contribution < 1.29 is 24.5 Å². The smallest absolute Gasteiger partial charge is 0.306 e. The molecule has 364 valence electrons. The summed E-state index contributed by atoms with van der Waals surface area (Å²) >= 11 is 0. The van der Waals surface area contributed by atoms with Crippen molar-refractivity contribution in [3.05, 3.63) is 109 Å². The van der Waals surface area contributed by atoms with E-state index in [0.29, 0.717) is 19.3 Å². The number of ether oxygens (including phenoxy) is 1. The molecule has 0 rings (SSSR count). The van der Waals surface area contributed by atoms with Gasteiger partial charge in [-0.1, -0.05) is 220 Å². The fourth-order valence-electron chi connectivity index (χ4n) is 7.14. The second kappa shape index (κ2) is 50.5. The van der Waals surface area contributed by atoms with Crippen LogP contribution in [0.25, 0.3) is 0 Å². The molecular weight excluding hydrogens is 791 g/mol. The molecule has 0 spiro atoms. The second-order valence-electron chi connectivity index (χ2n) is 17.2. The summed E-state index contributed by atoms with van der Waals surface area (Å²) in [4.78, 5) is 26.1. The summed E-state index contributed by atoms with van der Waals surface area (Å²) in [6, 6.07) is -0.751. The lowest BCUT2D eigenvalue weighted by Crippen LogP contribution is -2.46. The van der Waals surface area contributed by atoms with Gasteiger partial charge >= 0.3 is 5.97 Å². The lowest BCUT2D eigenvalue weighted by atomic mass is 10.0. The first-order valence-corrected chi connectivity index (χ1v) is 26.1. The molecule has 3 unspecified atom stereocenters. The van der Waals surface area contributed by atoms with Crippen LogP contribution in [0.5, 0.6) is 0 Å². The van der Waals surface area contributed by atoms with Crippen molar-refractivity contribution in [3.63, 3.8) is 0 Å². The average Bonchev–Trinajstić information content (AvgIpc) is 3.29. The monoisotopic (exact) mass is 888 g/mol. The van der Waals surface area contributed by atoms with Gasteiger partial charge in [0.1, 0.15) is 6.10 Å². The van der Waals surface area contributed by atoms with Gasteiger partial charge in [0, 0.05) is 6.42 Å². The van der Waals surface area contributed by atoms with Crippen LogP contribution in [0.2, 0.25) is 0 Å². The number of nitrogens with one attached hydrogen (secondary N) is 1. The van der Waals surface area contributed by atoms with Crippen molar-refractivity contribution >= 4 is 11.9 Å². The van der Waals surface area contributed by atoms with E-state index in [2.05, 4.69) is 123 Å². The van der Waals surface area contributed by atoms with Crippen LogP contribution in [0.4, 0.5) is 0 Å². The van der Waals surface area contributed by atoms with Crippen molar-refractivity contribution in [1.29, 1.82) is 0 Å². The molecule has 0 aromatic carbocycles. The highest BCUT2D eigenvalue weighted by atomic mass is 16.5. The molecule has 0 aromatic rings. The summed E-state index contributed by atoms with van der Waals surface area (Å²) in [5, 5.41) is 23.6. The molecule has 6 heteroatoms. The van der Waals surface area contributed by atoms with E-state index in [0.717, 1.165) is 96.3 Å². The number of hydrogen-bond acceptors (Lipinski definition) is 5. The molecule has 0 aromatic heterocycles. The molecule has 1 amide bonds. The van der Waals surface area contributed by atoms with E-state index in [4.69, 9.17) is 4.74 Å². The van der Waals surface area contributed by atoms with Crippen LogP contribution < -0.4 is 5.32 Å². The first kappa shape index (κ1) is 60.5. The summed E-state index contributed by atoms with van der Waals surface area (Å²) in [5.74, 6) is -0.654. The number of carbonyl (C=O) groups is 2. The Morgan fingerprint density at radius 2 is 0.875 bits per heavy atom. The lowest BCUT2D eigenvalue weighted by molar-refractivity contribution is -0.148. The van der Waals surface area contributed by atoms with E-state index in [1.54, 1.807) is 6.08 Å². The van der Waals surface area contributed by atoms with Crippen molar-refractivity contribution in [2.24, 2.45) is 0 Å². The Morgan fingerprint density at radius 3 is 1.36 bits per heavy atom. The number of unbranched alkanes of at least 4 members (excludes halogenated alkanes) is 17. The molecule has 0 aliphatic carbocycles. The molecule has 3 N–H and O–H groups in total. The van der Waals surface area contributed by atoms with Gasteiger partial charge in [0.05, 0.1) is 25.2 Å². The molecule has 0 saturated carbocycles. The highest BCUT2D eigenvalue weighted by Gasteiger charge is 2.23. The summed E-state index contributed by atoms with van der Waals surface area (Å²) in [5.41, 5.74) is 0. The SMILES string of the molecule is CC/C=C\C/C=C\C/C=C\C/C=C\C/C=C\C/C=C\C(CC(=O)NC(CO)C(O)CCCCCCCCCCC)OC(=O)CCCCCCCC/C=C\C/C=C\C/C=C\CCCCC. The Bertz CT molecular complexity index is 1320. The maximum absolute atomic E-state index is 13.2. The van der Waals surface area contributed by atoms with Gasteiger partial charge in [-0.2, -0.15) is 0 Å². The summed E-state index contributed by atoms with van der Waals surface area (Å²) in [6.45, 7) is 6.27. The summed E-state index contributed by atoms with van der Waals surface area (Å²) in [6.07, 6.45) is 68.9. The lowest BCUT2D eigenvalue weighted by Gasteiger charge is -2.23. The standard InChI is InChI=1S/C58H97NO5/c1-4-7-10-13-16-19-21-23-25-27-28-30-32-34-36-39-42-45-48-51-58(63)64-54(49-46-43-40-38-35-33-31-29-26-24-22-20-17-14-11-8-5-2)52-57(62)59-55(53-60)56(61)50-47-44-41-37-18-15-12-9-6-3/h8,11,16-17,19-20,23-26,28,30-31,33,38,40,46,49,54-56,60-61H,4-7,9-10,12-15,18,21-22,27,29,32,34-37,39,41-45,47-48,50-53H2,1-3H3,(H,59,62)/b11-8-,19-16-,20-17-,25-23-,26-24-,30-28-,33-31-,40-38-,49-46-. The highest BCUT2D eigenvalue weighted by Crippen LogP contribution is 2.15. The Morgan fingerprint density at radius 1 is 0.484 bits per heavy atom. The van der Waals surface area contributed by atoms with Crippen molar-refractivity contribution in [3.8, 4) is 0 Å². The fraction of sp³-hybridized carbons (Fsp3) is 0.655. The first-order valence-electron chi connectivity index (χ1n) is 26.1. The molecule has 0 radical (unpaired) electrons. The van der Waals surface area contributed by atoms with Crippen molar-refractivity contribution in [2.45, 2.75) is 238 Å². The minimum atomic E-state index is -0.827. The molecule has 64 heavy (non-hydrogen) atoms. The van der Waals surface area contributed by atoms with Gasteiger partial charge in [-0.3, -0.25) is 9.59 Å². The van der Waals surface area contributed by atoms with Gasteiger partial charge in [0.25, 0.3) is 0 Å². The minimum Gasteiger partial charge on any atom is -0.458 e. The molecule has 0 saturated heterocycles. The van der Waals surface area contributed by atoms with Crippen LogP contribution >= 0.6 is 0 Å². The largest absolute Gasteiger partial charge is 0.458 e. The summed E-state index contributed by atoms with van der Waals surface area (Å²) < 4.78 is 5.82. The predicted octanol–water partition coefficient (Wildman–Crippen LogP) is 15.9. The normalized spacial score (nSPS) is 14.1. The Kier molecular flexibility index (Phi) is 47.8. The van der Waals surface area contributed by atoms with Crippen LogP contribution in [0.1, 0.15) is 220 Å². The predicted molar refractivity (Wildman–Crippen MR) is 277 cm³/mol. The van der Waals surface area contributed by atoms with Crippen molar-refractivity contribution in [1.82, 2.24) is 5.32 Å². The van der Waals surface area contributed by atoms with Crippen molar-refractivity contribution in [2.75, 3.05) is 6.61 Å². The maximum Gasteiger partial charge on any atom is 0.306 e. The van der Waals surface area contributed by atoms with Gasteiger partial charge < -0.3 is 20.3 Å². The van der Waals surface area contributed by atoms with Gasteiger partial charge in [-0.15, -0.1) is 0 Å². The highest BCUT2D eigenvalue weighted by molar-refractivity contribution is 5.78. The van der Waals surface area contributed by atoms with Crippen LogP contribution in [0.3, 0.4) is 0 Å². The Labute approximate surface area is 394 Å². The third-order valence-electron chi connectivity index (χ3n) is 11.1. The van der Waals surface area contributed by atoms with Gasteiger partial charge in [-0.25, -0.2) is 0 Å². The van der Waals surface area contributed by atoms with Crippen LogP contribution in [-0.2, 0) is 14.3 Å². The van der Waals surface area contributed by atoms with Crippen LogP contribution in [0.15, 0.2) is 109 Å². The number of amides is 1. The maximum atomic E-state index is 13.2.